The van der Waals surface area contributed by atoms with Crippen LogP contribution in [0.5, 0.6) is 0 Å². The Morgan fingerprint density at radius 1 is 1.37 bits per heavy atom. The normalized spacial score (nSPS) is 12.6. The summed E-state index contributed by atoms with van der Waals surface area (Å²) in [4.78, 5) is 4.43. The Morgan fingerprint density at radius 2 is 2.21 bits per heavy atom. The Morgan fingerprint density at radius 3 is 2.84 bits per heavy atom. The summed E-state index contributed by atoms with van der Waals surface area (Å²) in [5.41, 5.74) is 2.65. The highest BCUT2D eigenvalue weighted by Crippen LogP contribution is 2.18. The molecule has 1 atom stereocenters. The number of benzene rings is 1. The van der Waals surface area contributed by atoms with Crippen LogP contribution in [-0.2, 0) is 13.5 Å². The van der Waals surface area contributed by atoms with Crippen molar-refractivity contribution in [1.82, 2.24) is 14.9 Å². The number of imidazole rings is 1. The van der Waals surface area contributed by atoms with Crippen LogP contribution in [0.15, 0.2) is 36.7 Å². The van der Waals surface area contributed by atoms with E-state index >= 15 is 0 Å². The highest BCUT2D eigenvalue weighted by molar-refractivity contribution is 5.26. The number of hydrogen-bond acceptors (Lipinski definition) is 2. The van der Waals surface area contributed by atoms with E-state index in [-0.39, 0.29) is 0 Å². The number of nitrogens with one attached hydrogen (secondary N) is 1. The molecule has 19 heavy (non-hydrogen) atoms. The second-order valence-corrected chi connectivity index (χ2v) is 5.08. The molecule has 0 saturated carbocycles. The van der Waals surface area contributed by atoms with Crippen molar-refractivity contribution >= 4 is 0 Å². The summed E-state index contributed by atoms with van der Waals surface area (Å²) in [7, 11) is 2.05. The maximum Gasteiger partial charge on any atom is 0.110 e. The van der Waals surface area contributed by atoms with Gasteiger partial charge in [0, 0.05) is 31.9 Å². The van der Waals surface area contributed by atoms with Crippen LogP contribution in [0, 0.1) is 6.92 Å². The van der Waals surface area contributed by atoms with Gasteiger partial charge in [-0.15, -0.1) is 0 Å². The quantitative estimate of drug-likeness (QED) is 0.862. The van der Waals surface area contributed by atoms with Gasteiger partial charge in [-0.1, -0.05) is 36.8 Å². The molecule has 3 nitrogen and oxygen atoms in total. The summed E-state index contributed by atoms with van der Waals surface area (Å²) < 4.78 is 2.09. The lowest BCUT2D eigenvalue weighted by Gasteiger charge is -2.19. The number of aromatic nitrogens is 2. The Balaban J connectivity index is 2.18. The molecule has 2 rings (SSSR count). The van der Waals surface area contributed by atoms with Crippen LogP contribution in [0.25, 0.3) is 0 Å². The van der Waals surface area contributed by atoms with E-state index in [1.165, 1.54) is 11.1 Å². The zero-order valence-corrected chi connectivity index (χ0v) is 12.1. The molecule has 0 aliphatic heterocycles. The van der Waals surface area contributed by atoms with E-state index in [9.17, 15) is 0 Å². The fourth-order valence-corrected chi connectivity index (χ4v) is 2.29. The first-order chi connectivity index (χ1) is 9.20. The van der Waals surface area contributed by atoms with Gasteiger partial charge < -0.3 is 9.88 Å². The molecule has 0 radical (unpaired) electrons. The average molecular weight is 257 g/mol. The smallest absolute Gasteiger partial charge is 0.110 e. The number of hydrogen-bond donors (Lipinski definition) is 1. The van der Waals surface area contributed by atoms with Gasteiger partial charge in [-0.05, 0) is 25.5 Å². The topological polar surface area (TPSA) is 29.9 Å². The molecule has 1 aromatic carbocycles. The molecule has 1 aromatic heterocycles. The Kier molecular flexibility index (Phi) is 4.74. The summed E-state index contributed by atoms with van der Waals surface area (Å²) in [6, 6.07) is 9.06. The van der Waals surface area contributed by atoms with Gasteiger partial charge in [0.25, 0.3) is 0 Å². The summed E-state index contributed by atoms with van der Waals surface area (Å²) in [5, 5.41) is 3.63. The first-order valence-corrected chi connectivity index (χ1v) is 6.97. The van der Waals surface area contributed by atoms with Gasteiger partial charge >= 0.3 is 0 Å². The molecule has 0 amide bonds. The minimum Gasteiger partial charge on any atom is -0.338 e. The van der Waals surface area contributed by atoms with Crippen molar-refractivity contribution in [3.63, 3.8) is 0 Å². The lowest BCUT2D eigenvalue weighted by Crippen LogP contribution is -2.25. The third-order valence-corrected chi connectivity index (χ3v) is 3.39. The summed E-state index contributed by atoms with van der Waals surface area (Å²) >= 11 is 0. The predicted octanol–water partition coefficient (Wildman–Crippen LogP) is 3.01. The first kappa shape index (κ1) is 13.8. The molecule has 1 unspecified atom stereocenters. The Hall–Kier alpha value is -1.61. The van der Waals surface area contributed by atoms with Crippen molar-refractivity contribution < 1.29 is 0 Å². The van der Waals surface area contributed by atoms with E-state index in [0.717, 1.165) is 25.2 Å². The maximum absolute atomic E-state index is 4.43. The van der Waals surface area contributed by atoms with E-state index in [4.69, 9.17) is 0 Å². The van der Waals surface area contributed by atoms with Crippen molar-refractivity contribution in [3.05, 3.63) is 53.6 Å². The predicted molar refractivity (Wildman–Crippen MR) is 79.1 cm³/mol. The summed E-state index contributed by atoms with van der Waals surface area (Å²) in [5.74, 6) is 1.12. The van der Waals surface area contributed by atoms with Crippen molar-refractivity contribution in [1.29, 1.82) is 0 Å². The molecule has 102 valence electrons. The van der Waals surface area contributed by atoms with Gasteiger partial charge in [-0.2, -0.15) is 0 Å². The molecule has 0 aliphatic rings. The van der Waals surface area contributed by atoms with E-state index in [0.29, 0.717) is 6.04 Å². The standard InChI is InChI=1S/C16H23N3/c1-4-8-17-15(12-16-18-9-10-19(16)3)14-7-5-6-13(2)11-14/h5-7,9-11,15,17H,4,8,12H2,1-3H3. The van der Waals surface area contributed by atoms with Gasteiger partial charge in [0.1, 0.15) is 5.82 Å². The maximum atomic E-state index is 4.43. The zero-order chi connectivity index (χ0) is 13.7. The van der Waals surface area contributed by atoms with Crippen LogP contribution in [0.3, 0.4) is 0 Å². The van der Waals surface area contributed by atoms with Gasteiger partial charge in [0.15, 0.2) is 0 Å². The lowest BCUT2D eigenvalue weighted by molar-refractivity contribution is 0.512. The first-order valence-electron chi connectivity index (χ1n) is 6.97. The molecule has 0 aliphatic carbocycles. The minimum atomic E-state index is 0.334. The monoisotopic (exact) mass is 257 g/mol. The van der Waals surface area contributed by atoms with Crippen molar-refractivity contribution in [3.8, 4) is 0 Å². The molecule has 3 heteroatoms. The van der Waals surface area contributed by atoms with Crippen LogP contribution >= 0.6 is 0 Å². The van der Waals surface area contributed by atoms with Crippen molar-refractivity contribution in [2.24, 2.45) is 7.05 Å². The van der Waals surface area contributed by atoms with Gasteiger partial charge in [-0.3, -0.25) is 0 Å². The highest BCUT2D eigenvalue weighted by atomic mass is 15.0. The summed E-state index contributed by atoms with van der Waals surface area (Å²) in [6.07, 6.45) is 5.93. The molecular weight excluding hydrogens is 234 g/mol. The van der Waals surface area contributed by atoms with Crippen LogP contribution < -0.4 is 5.32 Å². The van der Waals surface area contributed by atoms with Gasteiger partial charge in [-0.25, -0.2) is 4.98 Å². The van der Waals surface area contributed by atoms with Crippen molar-refractivity contribution in [2.75, 3.05) is 6.54 Å². The number of rotatable bonds is 6. The van der Waals surface area contributed by atoms with Crippen LogP contribution in [0.1, 0.15) is 36.3 Å². The van der Waals surface area contributed by atoms with E-state index in [2.05, 4.69) is 60.0 Å². The van der Waals surface area contributed by atoms with E-state index in [1.807, 2.05) is 12.4 Å². The third kappa shape index (κ3) is 3.67. The second-order valence-electron chi connectivity index (χ2n) is 5.08. The van der Waals surface area contributed by atoms with Gasteiger partial charge in [0.2, 0.25) is 0 Å². The average Bonchev–Trinajstić information content (AvgIpc) is 2.80. The third-order valence-electron chi connectivity index (χ3n) is 3.39. The second kappa shape index (κ2) is 6.53. The fraction of sp³-hybridized carbons (Fsp3) is 0.438. The van der Waals surface area contributed by atoms with Crippen LogP contribution in [0.4, 0.5) is 0 Å². The Labute approximate surface area is 115 Å². The SMILES string of the molecule is CCCNC(Cc1nccn1C)c1cccc(C)c1. The molecule has 1 N–H and O–H groups in total. The molecule has 1 heterocycles. The van der Waals surface area contributed by atoms with Crippen molar-refractivity contribution in [2.45, 2.75) is 32.7 Å². The fourth-order valence-electron chi connectivity index (χ4n) is 2.29. The molecule has 0 spiro atoms. The van der Waals surface area contributed by atoms with E-state index in [1.54, 1.807) is 0 Å². The molecule has 0 bridgehead atoms. The zero-order valence-electron chi connectivity index (χ0n) is 12.1. The Bertz CT molecular complexity index is 516. The molecule has 0 fully saturated rings. The number of nitrogens with zero attached hydrogens (tertiary/aromatic N) is 2. The van der Waals surface area contributed by atoms with Gasteiger partial charge in [0.05, 0.1) is 0 Å². The summed E-state index contributed by atoms with van der Waals surface area (Å²) in [6.45, 7) is 5.37. The van der Waals surface area contributed by atoms with E-state index < -0.39 is 0 Å². The lowest BCUT2D eigenvalue weighted by atomic mass is 10.0. The molecule has 0 saturated heterocycles. The van der Waals surface area contributed by atoms with Crippen LogP contribution in [0.2, 0.25) is 0 Å². The molecule has 2 aromatic rings. The largest absolute Gasteiger partial charge is 0.338 e. The number of aryl methyl sites for hydroxylation is 2. The van der Waals surface area contributed by atoms with Crippen LogP contribution in [-0.4, -0.2) is 16.1 Å². The highest BCUT2D eigenvalue weighted by Gasteiger charge is 2.13. The molecular formula is C16H23N3. The minimum absolute atomic E-state index is 0.334.